The Kier molecular flexibility index (Phi) is 8.08. The number of aromatic nitrogens is 1. The van der Waals surface area contributed by atoms with Crippen LogP contribution in [0.25, 0.3) is 17.4 Å². The summed E-state index contributed by atoms with van der Waals surface area (Å²) in [6.45, 7) is 5.29. The molecule has 0 saturated carbocycles. The first-order valence-corrected chi connectivity index (χ1v) is 15.0. The van der Waals surface area contributed by atoms with Gasteiger partial charge in [0.15, 0.2) is 4.80 Å². The summed E-state index contributed by atoms with van der Waals surface area (Å²) < 4.78 is 13.4. The van der Waals surface area contributed by atoms with Crippen LogP contribution in [0.1, 0.15) is 48.5 Å². The molecule has 1 atom stereocenters. The van der Waals surface area contributed by atoms with E-state index >= 15 is 0 Å². The van der Waals surface area contributed by atoms with E-state index in [2.05, 4.69) is 4.99 Å². The van der Waals surface area contributed by atoms with E-state index in [0.717, 1.165) is 10.5 Å². The first-order valence-electron chi connectivity index (χ1n) is 12.6. The van der Waals surface area contributed by atoms with Crippen molar-refractivity contribution < 1.29 is 23.8 Å². The van der Waals surface area contributed by atoms with Crippen molar-refractivity contribution in [1.29, 1.82) is 0 Å². The van der Waals surface area contributed by atoms with Gasteiger partial charge in [0, 0.05) is 16.5 Å². The number of halogens is 1. The lowest BCUT2D eigenvalue weighted by Crippen LogP contribution is -2.40. The van der Waals surface area contributed by atoms with E-state index in [0.29, 0.717) is 37.7 Å². The number of fused-ring (bicyclic) bond motifs is 1. The SMILES string of the molecule is CSc1ccc([C@@H]2C(C(=O)OC(C)C)=C(C)N=c3s/c(=C\c4ccc(-c5ccc(Cl)c(C(=O)O)c5)o4)c(=O)n32)cc1. The second-order valence-electron chi connectivity index (χ2n) is 9.51. The van der Waals surface area contributed by atoms with Gasteiger partial charge in [-0.25, -0.2) is 14.6 Å². The highest BCUT2D eigenvalue weighted by atomic mass is 35.5. The number of hydrogen-bond donors (Lipinski definition) is 1. The number of carbonyl (C=O) groups excluding carboxylic acids is 1. The molecule has 210 valence electrons. The quantitative estimate of drug-likeness (QED) is 0.217. The zero-order valence-corrected chi connectivity index (χ0v) is 24.9. The fraction of sp³-hybridized carbons (Fsp3) is 0.200. The van der Waals surface area contributed by atoms with Gasteiger partial charge in [-0.05, 0) is 75.1 Å². The van der Waals surface area contributed by atoms with Crippen LogP contribution in [0, 0.1) is 0 Å². The molecule has 11 heteroatoms. The zero-order chi connectivity index (χ0) is 29.4. The second kappa shape index (κ2) is 11.6. The molecule has 4 aromatic rings. The Hall–Kier alpha value is -3.86. The highest BCUT2D eigenvalue weighted by molar-refractivity contribution is 7.98. The molecule has 0 fully saturated rings. The third kappa shape index (κ3) is 5.68. The maximum atomic E-state index is 13.8. The molecule has 0 unspecified atom stereocenters. The van der Waals surface area contributed by atoms with E-state index < -0.39 is 18.0 Å². The van der Waals surface area contributed by atoms with Crippen molar-refractivity contribution in [3.63, 3.8) is 0 Å². The molecular formula is C30H25ClN2O6S2. The van der Waals surface area contributed by atoms with Gasteiger partial charge in [0.25, 0.3) is 5.56 Å². The molecule has 5 rings (SSSR count). The number of thiazole rings is 1. The fourth-order valence-corrected chi connectivity index (χ4v) is 6.15. The standard InChI is InChI=1S/C30H25ClN2O6S2/c1-15(2)38-29(37)25-16(3)32-30-33(26(25)17-5-9-20(40-4)10-6-17)27(34)24(41-30)14-19-8-12-23(39-19)18-7-11-22(31)21(13-18)28(35)36/h5-15,26H,1-4H3,(H,35,36)/b24-14-/t26-/m1/s1. The number of allylic oxidation sites excluding steroid dienone is 1. The molecule has 1 aliphatic heterocycles. The van der Waals surface area contributed by atoms with Crippen LogP contribution in [-0.4, -0.2) is 34.0 Å². The summed E-state index contributed by atoms with van der Waals surface area (Å²) in [5.74, 6) is -0.846. The van der Waals surface area contributed by atoms with E-state index in [4.69, 9.17) is 20.8 Å². The lowest BCUT2D eigenvalue weighted by molar-refractivity contribution is -0.143. The Bertz CT molecular complexity index is 1880. The van der Waals surface area contributed by atoms with E-state index in [1.807, 2.05) is 30.5 Å². The fourth-order valence-electron chi connectivity index (χ4n) is 4.52. The number of thioether (sulfide) groups is 1. The van der Waals surface area contributed by atoms with Gasteiger partial charge in [0.1, 0.15) is 11.5 Å². The van der Waals surface area contributed by atoms with E-state index in [1.165, 1.54) is 28.0 Å². The number of esters is 1. The number of hydrogen-bond acceptors (Lipinski definition) is 8. The Morgan fingerprint density at radius 3 is 2.56 bits per heavy atom. The van der Waals surface area contributed by atoms with Crippen molar-refractivity contribution >= 4 is 52.7 Å². The highest BCUT2D eigenvalue weighted by Crippen LogP contribution is 2.32. The predicted octanol–water partition coefficient (Wildman–Crippen LogP) is 5.52. The second-order valence-corrected chi connectivity index (χ2v) is 11.8. The minimum Gasteiger partial charge on any atom is -0.478 e. The summed E-state index contributed by atoms with van der Waals surface area (Å²) >= 11 is 8.79. The minimum atomic E-state index is -1.14. The average molecular weight is 609 g/mol. The molecule has 0 spiro atoms. The largest absolute Gasteiger partial charge is 0.478 e. The lowest BCUT2D eigenvalue weighted by atomic mass is 9.96. The lowest BCUT2D eigenvalue weighted by Gasteiger charge is -2.25. The van der Waals surface area contributed by atoms with Crippen LogP contribution in [0.5, 0.6) is 0 Å². The molecule has 3 heterocycles. The zero-order valence-electron chi connectivity index (χ0n) is 22.5. The Balaban J connectivity index is 1.61. The third-order valence-electron chi connectivity index (χ3n) is 6.40. The highest BCUT2D eigenvalue weighted by Gasteiger charge is 2.33. The maximum absolute atomic E-state index is 13.8. The minimum absolute atomic E-state index is 0.0387. The number of carbonyl (C=O) groups is 2. The number of carboxylic acid groups (broad SMARTS) is 1. The molecule has 0 aliphatic carbocycles. The van der Waals surface area contributed by atoms with Crippen molar-refractivity contribution in [2.24, 2.45) is 4.99 Å². The Labute approximate surface area is 248 Å². The van der Waals surface area contributed by atoms with Gasteiger partial charge in [-0.1, -0.05) is 35.1 Å². The normalized spacial score (nSPS) is 15.2. The van der Waals surface area contributed by atoms with E-state index in [1.54, 1.807) is 56.8 Å². The van der Waals surface area contributed by atoms with Crippen molar-refractivity contribution in [3.05, 3.63) is 107 Å². The van der Waals surface area contributed by atoms with E-state index in [-0.39, 0.29) is 22.2 Å². The Morgan fingerprint density at radius 1 is 1.17 bits per heavy atom. The van der Waals surface area contributed by atoms with Crippen LogP contribution in [-0.2, 0) is 9.53 Å². The number of aromatic carboxylic acids is 1. The molecule has 8 nitrogen and oxygen atoms in total. The molecule has 1 aliphatic rings. The molecule has 0 bridgehead atoms. The summed E-state index contributed by atoms with van der Waals surface area (Å²) in [6.07, 6.45) is 3.25. The molecule has 1 N–H and O–H groups in total. The summed E-state index contributed by atoms with van der Waals surface area (Å²) in [5.41, 5.74) is 1.73. The molecule has 2 aromatic heterocycles. The van der Waals surface area contributed by atoms with Crippen molar-refractivity contribution in [1.82, 2.24) is 4.57 Å². The van der Waals surface area contributed by atoms with Crippen LogP contribution >= 0.6 is 34.7 Å². The maximum Gasteiger partial charge on any atom is 0.338 e. The molecule has 0 amide bonds. The summed E-state index contributed by atoms with van der Waals surface area (Å²) in [4.78, 5) is 44.7. The van der Waals surface area contributed by atoms with Gasteiger partial charge >= 0.3 is 11.9 Å². The van der Waals surface area contributed by atoms with Gasteiger partial charge in [-0.3, -0.25) is 9.36 Å². The van der Waals surface area contributed by atoms with Crippen LogP contribution in [0.15, 0.2) is 85.0 Å². The van der Waals surface area contributed by atoms with Crippen LogP contribution < -0.4 is 14.9 Å². The molecule has 2 aromatic carbocycles. The number of benzene rings is 2. The smallest absolute Gasteiger partial charge is 0.338 e. The molecule has 0 radical (unpaired) electrons. The monoisotopic (exact) mass is 608 g/mol. The molecular weight excluding hydrogens is 584 g/mol. The van der Waals surface area contributed by atoms with Gasteiger partial charge in [-0.2, -0.15) is 0 Å². The van der Waals surface area contributed by atoms with Crippen molar-refractivity contribution in [2.75, 3.05) is 6.26 Å². The van der Waals surface area contributed by atoms with Gasteiger partial charge in [-0.15, -0.1) is 11.8 Å². The van der Waals surface area contributed by atoms with Crippen LogP contribution in [0.2, 0.25) is 5.02 Å². The van der Waals surface area contributed by atoms with Gasteiger partial charge < -0.3 is 14.3 Å². The summed E-state index contributed by atoms with van der Waals surface area (Å²) in [5, 5.41) is 9.52. The summed E-state index contributed by atoms with van der Waals surface area (Å²) in [7, 11) is 0. The van der Waals surface area contributed by atoms with Gasteiger partial charge in [0.2, 0.25) is 0 Å². The third-order valence-corrected chi connectivity index (χ3v) is 8.45. The first kappa shape index (κ1) is 28.7. The van der Waals surface area contributed by atoms with Gasteiger partial charge in [0.05, 0.1) is 38.5 Å². The molecule has 0 saturated heterocycles. The topological polar surface area (TPSA) is 111 Å². The first-order chi connectivity index (χ1) is 19.6. The van der Waals surface area contributed by atoms with Crippen molar-refractivity contribution in [3.8, 4) is 11.3 Å². The molecule has 41 heavy (non-hydrogen) atoms. The number of carboxylic acids is 1. The van der Waals surface area contributed by atoms with E-state index in [9.17, 15) is 19.5 Å². The predicted molar refractivity (Wildman–Crippen MR) is 159 cm³/mol. The number of furan rings is 1. The number of nitrogens with zero attached hydrogens (tertiary/aromatic N) is 2. The number of ether oxygens (including phenoxy) is 1. The van der Waals surface area contributed by atoms with Crippen molar-refractivity contribution in [2.45, 2.75) is 37.8 Å². The Morgan fingerprint density at radius 2 is 1.90 bits per heavy atom. The van der Waals surface area contributed by atoms with Crippen LogP contribution in [0.4, 0.5) is 0 Å². The number of rotatable bonds is 7. The average Bonchev–Trinajstić information content (AvgIpc) is 3.52. The van der Waals surface area contributed by atoms with Crippen LogP contribution in [0.3, 0.4) is 0 Å². The summed E-state index contributed by atoms with van der Waals surface area (Å²) in [6, 6.07) is 15.0.